The zero-order valence-corrected chi connectivity index (χ0v) is 12.3. The van der Waals surface area contributed by atoms with Gasteiger partial charge < -0.3 is 4.74 Å². The summed E-state index contributed by atoms with van der Waals surface area (Å²) < 4.78 is 7.81. The molecular formula is C16H19N3O. The van der Waals surface area contributed by atoms with Crippen LogP contribution in [0.5, 0.6) is 5.75 Å². The first-order chi connectivity index (χ1) is 9.52. The quantitative estimate of drug-likeness (QED) is 0.848. The van der Waals surface area contributed by atoms with Crippen molar-refractivity contribution in [3.63, 3.8) is 0 Å². The Hall–Kier alpha value is -2.28. The summed E-state index contributed by atoms with van der Waals surface area (Å²) in [6.45, 7) is 8.12. The third-order valence-electron chi connectivity index (χ3n) is 2.91. The Labute approximate surface area is 119 Å². The third kappa shape index (κ3) is 2.83. The minimum atomic E-state index is 0.0538. The zero-order chi connectivity index (χ0) is 14.7. The SMILES string of the molecule is CC(C)Oc1cc(C#N)ccc1-c1ccnn1C(C)C. The smallest absolute Gasteiger partial charge is 0.130 e. The highest BCUT2D eigenvalue weighted by Crippen LogP contribution is 2.32. The van der Waals surface area contributed by atoms with Crippen LogP contribution >= 0.6 is 0 Å². The second-order valence-electron chi connectivity index (χ2n) is 5.24. The molecule has 0 amide bonds. The molecule has 0 fully saturated rings. The van der Waals surface area contributed by atoms with Crippen LogP contribution in [0.25, 0.3) is 11.3 Å². The Kier molecular flexibility index (Phi) is 4.09. The molecule has 20 heavy (non-hydrogen) atoms. The molecule has 0 spiro atoms. The van der Waals surface area contributed by atoms with Crippen LogP contribution in [0.4, 0.5) is 0 Å². The van der Waals surface area contributed by atoms with Crippen LogP contribution in [0.3, 0.4) is 0 Å². The number of ether oxygens (including phenoxy) is 1. The van der Waals surface area contributed by atoms with E-state index in [0.29, 0.717) is 5.56 Å². The molecule has 4 heteroatoms. The highest BCUT2D eigenvalue weighted by atomic mass is 16.5. The summed E-state index contributed by atoms with van der Waals surface area (Å²) in [5, 5.41) is 13.4. The zero-order valence-electron chi connectivity index (χ0n) is 12.3. The standard InChI is InChI=1S/C16H19N3O/c1-11(2)19-15(7-8-18-19)14-6-5-13(10-17)9-16(14)20-12(3)4/h5-9,11-12H,1-4H3. The van der Waals surface area contributed by atoms with Crippen molar-refractivity contribution in [2.75, 3.05) is 0 Å². The summed E-state index contributed by atoms with van der Waals surface area (Å²) in [6.07, 6.45) is 1.84. The fourth-order valence-corrected chi connectivity index (χ4v) is 2.09. The Morgan fingerprint density at radius 1 is 1.20 bits per heavy atom. The van der Waals surface area contributed by atoms with Crippen LogP contribution in [-0.2, 0) is 0 Å². The van der Waals surface area contributed by atoms with Gasteiger partial charge in [-0.25, -0.2) is 0 Å². The van der Waals surface area contributed by atoms with Crippen LogP contribution < -0.4 is 4.74 Å². The number of hydrogen-bond acceptors (Lipinski definition) is 3. The van der Waals surface area contributed by atoms with E-state index >= 15 is 0 Å². The number of rotatable bonds is 4. The Bertz CT molecular complexity index is 635. The van der Waals surface area contributed by atoms with Gasteiger partial charge >= 0.3 is 0 Å². The van der Waals surface area contributed by atoms with Gasteiger partial charge in [-0.15, -0.1) is 0 Å². The molecule has 0 N–H and O–H groups in total. The molecule has 1 heterocycles. The van der Waals surface area contributed by atoms with E-state index in [9.17, 15) is 0 Å². The minimum Gasteiger partial charge on any atom is -0.490 e. The van der Waals surface area contributed by atoms with E-state index in [0.717, 1.165) is 17.0 Å². The lowest BCUT2D eigenvalue weighted by Gasteiger charge is -2.17. The van der Waals surface area contributed by atoms with E-state index in [1.165, 1.54) is 0 Å². The molecule has 2 aromatic rings. The van der Waals surface area contributed by atoms with E-state index in [1.807, 2.05) is 30.7 Å². The maximum absolute atomic E-state index is 9.04. The van der Waals surface area contributed by atoms with Gasteiger partial charge in [-0.2, -0.15) is 10.4 Å². The molecule has 2 rings (SSSR count). The summed E-state index contributed by atoms with van der Waals surface area (Å²) in [5.41, 5.74) is 2.56. The van der Waals surface area contributed by atoms with Gasteiger partial charge in [0.2, 0.25) is 0 Å². The second-order valence-corrected chi connectivity index (χ2v) is 5.24. The topological polar surface area (TPSA) is 50.8 Å². The van der Waals surface area contributed by atoms with Crippen molar-refractivity contribution < 1.29 is 4.74 Å². The molecule has 104 valence electrons. The van der Waals surface area contributed by atoms with Crippen molar-refractivity contribution in [2.24, 2.45) is 0 Å². The summed E-state index contributed by atoms with van der Waals surface area (Å²) >= 11 is 0. The molecule has 0 saturated heterocycles. The molecule has 4 nitrogen and oxygen atoms in total. The molecule has 1 aromatic heterocycles. The van der Waals surface area contributed by atoms with Crippen molar-refractivity contribution in [2.45, 2.75) is 39.8 Å². The van der Waals surface area contributed by atoms with Crippen LogP contribution in [0.1, 0.15) is 39.3 Å². The molecule has 0 radical (unpaired) electrons. The average molecular weight is 269 g/mol. The molecule has 0 aliphatic carbocycles. The first-order valence-corrected chi connectivity index (χ1v) is 6.77. The number of benzene rings is 1. The third-order valence-corrected chi connectivity index (χ3v) is 2.91. The van der Waals surface area contributed by atoms with Crippen LogP contribution in [0, 0.1) is 11.3 Å². The summed E-state index contributed by atoms with van der Waals surface area (Å²) in [7, 11) is 0. The van der Waals surface area contributed by atoms with Gasteiger partial charge in [0.05, 0.1) is 23.4 Å². The van der Waals surface area contributed by atoms with E-state index < -0.39 is 0 Å². The first-order valence-electron chi connectivity index (χ1n) is 6.77. The lowest BCUT2D eigenvalue weighted by atomic mass is 10.1. The van der Waals surface area contributed by atoms with E-state index in [-0.39, 0.29) is 12.1 Å². The highest BCUT2D eigenvalue weighted by Gasteiger charge is 2.14. The van der Waals surface area contributed by atoms with Crippen LogP contribution in [-0.4, -0.2) is 15.9 Å². The summed E-state index contributed by atoms with van der Waals surface area (Å²) in [5.74, 6) is 0.724. The molecule has 0 atom stereocenters. The van der Waals surface area contributed by atoms with Gasteiger partial charge in [0.1, 0.15) is 5.75 Å². The maximum atomic E-state index is 9.04. The fourth-order valence-electron chi connectivity index (χ4n) is 2.09. The predicted molar refractivity (Wildman–Crippen MR) is 78.5 cm³/mol. The van der Waals surface area contributed by atoms with E-state index in [2.05, 4.69) is 25.0 Å². The average Bonchev–Trinajstić information content (AvgIpc) is 2.87. The van der Waals surface area contributed by atoms with Gasteiger partial charge in [-0.1, -0.05) is 0 Å². The van der Waals surface area contributed by atoms with Gasteiger partial charge in [0.25, 0.3) is 0 Å². The Morgan fingerprint density at radius 3 is 2.55 bits per heavy atom. The Morgan fingerprint density at radius 2 is 1.95 bits per heavy atom. The van der Waals surface area contributed by atoms with Crippen molar-refractivity contribution in [1.82, 2.24) is 9.78 Å². The van der Waals surface area contributed by atoms with E-state index in [4.69, 9.17) is 10.00 Å². The fraction of sp³-hybridized carbons (Fsp3) is 0.375. The van der Waals surface area contributed by atoms with Crippen molar-refractivity contribution in [1.29, 1.82) is 5.26 Å². The van der Waals surface area contributed by atoms with Crippen molar-refractivity contribution >= 4 is 0 Å². The van der Waals surface area contributed by atoms with Gasteiger partial charge in [0.15, 0.2) is 0 Å². The molecule has 0 saturated carbocycles. The molecule has 1 aromatic carbocycles. The Balaban J connectivity index is 2.55. The molecule has 0 aliphatic rings. The molecule has 0 unspecified atom stereocenters. The van der Waals surface area contributed by atoms with Crippen LogP contribution in [0.2, 0.25) is 0 Å². The van der Waals surface area contributed by atoms with E-state index in [1.54, 1.807) is 18.3 Å². The molecule has 0 aliphatic heterocycles. The molecular weight excluding hydrogens is 250 g/mol. The van der Waals surface area contributed by atoms with Crippen molar-refractivity contribution in [3.05, 3.63) is 36.0 Å². The van der Waals surface area contributed by atoms with Crippen molar-refractivity contribution in [3.8, 4) is 23.1 Å². The van der Waals surface area contributed by atoms with Gasteiger partial charge in [-0.05, 0) is 52.0 Å². The normalized spacial score (nSPS) is 10.8. The predicted octanol–water partition coefficient (Wildman–Crippen LogP) is 3.79. The molecule has 0 bridgehead atoms. The van der Waals surface area contributed by atoms with Gasteiger partial charge in [0, 0.05) is 17.8 Å². The lowest BCUT2D eigenvalue weighted by Crippen LogP contribution is -2.09. The number of nitrogens with zero attached hydrogens (tertiary/aromatic N) is 3. The summed E-state index contributed by atoms with van der Waals surface area (Å²) in [4.78, 5) is 0. The number of aromatic nitrogens is 2. The largest absolute Gasteiger partial charge is 0.490 e. The number of hydrogen-bond donors (Lipinski definition) is 0. The highest BCUT2D eigenvalue weighted by molar-refractivity contribution is 5.69. The first kappa shape index (κ1) is 14.1. The van der Waals surface area contributed by atoms with Crippen LogP contribution in [0.15, 0.2) is 30.5 Å². The minimum absolute atomic E-state index is 0.0538. The summed E-state index contributed by atoms with van der Waals surface area (Å²) in [6, 6.07) is 9.89. The second kappa shape index (κ2) is 5.79. The maximum Gasteiger partial charge on any atom is 0.130 e. The van der Waals surface area contributed by atoms with Gasteiger partial charge in [-0.3, -0.25) is 4.68 Å². The monoisotopic (exact) mass is 269 g/mol. The lowest BCUT2D eigenvalue weighted by molar-refractivity contribution is 0.243. The number of nitriles is 1.